The lowest BCUT2D eigenvalue weighted by atomic mass is 10.0. The number of imide groups is 1. The van der Waals surface area contributed by atoms with Gasteiger partial charge in [0.25, 0.3) is 0 Å². The van der Waals surface area contributed by atoms with Crippen LogP contribution in [0.4, 0.5) is 0 Å². The molecule has 0 unspecified atom stereocenters. The summed E-state index contributed by atoms with van der Waals surface area (Å²) in [6.07, 6.45) is 35.0. The van der Waals surface area contributed by atoms with Gasteiger partial charge in [-0.05, 0) is 19.8 Å². The number of amides is 2. The molecule has 0 radical (unpaired) electrons. The fraction of sp³-hybridized carbons (Fsp3) is 0.946. The van der Waals surface area contributed by atoms with E-state index in [4.69, 9.17) is 0 Å². The first-order valence-electron chi connectivity index (χ1n) is 18.6. The molecule has 1 N–H and O–H groups in total. The Kier molecular flexibility index (Phi) is 30.2. The van der Waals surface area contributed by atoms with E-state index >= 15 is 0 Å². The molecule has 0 heterocycles. The van der Waals surface area contributed by atoms with Gasteiger partial charge < -0.3 is 5.11 Å². The molecule has 0 saturated heterocycles. The SMILES string of the molecule is CCCCCCCCCCCCCCCC(=O)[N+](CC)(CCCO)C(=O)CCCCCCCCCCCCCCC. The Morgan fingerprint density at radius 2 is 0.683 bits per heavy atom. The summed E-state index contributed by atoms with van der Waals surface area (Å²) in [4.78, 5) is 26.7. The van der Waals surface area contributed by atoms with Crippen molar-refractivity contribution in [2.45, 2.75) is 207 Å². The Bertz CT molecular complexity index is 535. The van der Waals surface area contributed by atoms with E-state index in [9.17, 15) is 14.7 Å². The number of unbranched alkanes of at least 4 members (excludes halogenated alkanes) is 24. The molecule has 0 rings (SSSR count). The standard InChI is InChI=1S/C37H74NO3/c1-4-7-9-11-13-15-17-19-21-23-25-27-29-32-36(40)38(6-3,34-31-35-39)37(41)33-30-28-26-24-22-20-18-16-14-12-10-8-5-2/h39H,4-35H2,1-3H3/q+1. The van der Waals surface area contributed by atoms with Crippen LogP contribution in [-0.2, 0) is 9.59 Å². The van der Waals surface area contributed by atoms with E-state index in [1.54, 1.807) is 0 Å². The van der Waals surface area contributed by atoms with E-state index in [1.807, 2.05) is 6.92 Å². The van der Waals surface area contributed by atoms with Gasteiger partial charge in [-0.15, -0.1) is 0 Å². The van der Waals surface area contributed by atoms with Gasteiger partial charge in [0.15, 0.2) is 0 Å². The first kappa shape index (κ1) is 40.3. The van der Waals surface area contributed by atoms with Crippen LogP contribution >= 0.6 is 0 Å². The number of aliphatic hydroxyl groups is 1. The summed E-state index contributed by atoms with van der Waals surface area (Å²) >= 11 is 0. The molecule has 0 aromatic rings. The van der Waals surface area contributed by atoms with Gasteiger partial charge in [-0.2, -0.15) is 4.48 Å². The highest BCUT2D eigenvalue weighted by molar-refractivity contribution is 5.84. The van der Waals surface area contributed by atoms with Crippen LogP contribution in [0.25, 0.3) is 0 Å². The monoisotopic (exact) mass is 581 g/mol. The van der Waals surface area contributed by atoms with Crippen molar-refractivity contribution in [3.05, 3.63) is 0 Å². The average molecular weight is 581 g/mol. The fourth-order valence-corrected chi connectivity index (χ4v) is 6.26. The lowest BCUT2D eigenvalue weighted by molar-refractivity contribution is -0.778. The van der Waals surface area contributed by atoms with Gasteiger partial charge >= 0.3 is 11.8 Å². The molecule has 0 atom stereocenters. The highest BCUT2D eigenvalue weighted by atomic mass is 16.3. The fourth-order valence-electron chi connectivity index (χ4n) is 6.26. The first-order valence-corrected chi connectivity index (χ1v) is 18.6. The number of aliphatic hydroxyl groups excluding tert-OH is 1. The number of rotatable bonds is 32. The average Bonchev–Trinajstić information content (AvgIpc) is 2.98. The summed E-state index contributed by atoms with van der Waals surface area (Å²) in [6, 6.07) is 0. The molecule has 0 aromatic carbocycles. The van der Waals surface area contributed by atoms with E-state index in [-0.39, 0.29) is 22.9 Å². The van der Waals surface area contributed by atoms with E-state index in [1.165, 1.54) is 141 Å². The normalized spacial score (nSPS) is 11.8. The van der Waals surface area contributed by atoms with Gasteiger partial charge in [0.1, 0.15) is 0 Å². The minimum atomic E-state index is -0.0446. The van der Waals surface area contributed by atoms with Crippen molar-refractivity contribution in [2.24, 2.45) is 0 Å². The molecule has 4 nitrogen and oxygen atoms in total. The maximum Gasteiger partial charge on any atom is 0.321 e. The number of quaternary nitrogens is 1. The van der Waals surface area contributed by atoms with Gasteiger partial charge in [-0.25, -0.2) is 9.59 Å². The summed E-state index contributed by atoms with van der Waals surface area (Å²) < 4.78 is -0.0446. The molecule has 0 aliphatic rings. The van der Waals surface area contributed by atoms with E-state index in [2.05, 4.69) is 13.8 Å². The molecule has 0 aliphatic heterocycles. The molecule has 2 amide bonds. The van der Waals surface area contributed by atoms with E-state index < -0.39 is 0 Å². The molecule has 0 aliphatic carbocycles. The topological polar surface area (TPSA) is 54.4 Å². The summed E-state index contributed by atoms with van der Waals surface area (Å²) in [5, 5.41) is 9.45. The van der Waals surface area contributed by atoms with Crippen LogP contribution in [0, 0.1) is 0 Å². The quantitative estimate of drug-likeness (QED) is 0.0636. The van der Waals surface area contributed by atoms with Gasteiger partial charge in [0, 0.05) is 13.0 Å². The number of hydrogen-bond donors (Lipinski definition) is 1. The van der Waals surface area contributed by atoms with Gasteiger partial charge in [-0.3, -0.25) is 0 Å². The molecule has 244 valence electrons. The largest absolute Gasteiger partial charge is 0.396 e. The Balaban J connectivity index is 4.10. The van der Waals surface area contributed by atoms with Crippen LogP contribution in [-0.4, -0.2) is 41.1 Å². The van der Waals surface area contributed by atoms with Crippen LogP contribution in [0.5, 0.6) is 0 Å². The lowest BCUT2D eigenvalue weighted by Gasteiger charge is -2.32. The molecule has 0 bridgehead atoms. The maximum atomic E-state index is 13.3. The maximum absolute atomic E-state index is 13.3. The first-order chi connectivity index (χ1) is 20.1. The number of nitrogens with zero attached hydrogens (tertiary/aromatic N) is 1. The van der Waals surface area contributed by atoms with Gasteiger partial charge in [-0.1, -0.05) is 168 Å². The molecular formula is C37H74NO3+. The number of hydrogen-bond acceptors (Lipinski definition) is 3. The third-order valence-corrected chi connectivity index (χ3v) is 9.18. The second-order valence-corrected chi connectivity index (χ2v) is 12.9. The minimum Gasteiger partial charge on any atom is -0.396 e. The zero-order chi connectivity index (χ0) is 30.3. The number of carbonyl (C=O) groups is 2. The Morgan fingerprint density at radius 3 is 0.927 bits per heavy atom. The van der Waals surface area contributed by atoms with Crippen LogP contribution in [0.15, 0.2) is 0 Å². The molecule has 0 saturated carbocycles. The predicted molar refractivity (Wildman–Crippen MR) is 178 cm³/mol. The molecule has 0 aromatic heterocycles. The van der Waals surface area contributed by atoms with Crippen LogP contribution in [0.1, 0.15) is 207 Å². The predicted octanol–water partition coefficient (Wildman–Crippen LogP) is 11.2. The highest BCUT2D eigenvalue weighted by Crippen LogP contribution is 2.20. The van der Waals surface area contributed by atoms with Crippen molar-refractivity contribution in [3.8, 4) is 0 Å². The molecule has 41 heavy (non-hydrogen) atoms. The second kappa shape index (κ2) is 30.7. The van der Waals surface area contributed by atoms with E-state index in [0.29, 0.717) is 32.4 Å². The second-order valence-electron chi connectivity index (χ2n) is 12.9. The van der Waals surface area contributed by atoms with Crippen LogP contribution in [0.2, 0.25) is 0 Å². The van der Waals surface area contributed by atoms with Crippen LogP contribution < -0.4 is 0 Å². The highest BCUT2D eigenvalue weighted by Gasteiger charge is 2.41. The minimum absolute atomic E-state index is 0.0397. The third-order valence-electron chi connectivity index (χ3n) is 9.18. The van der Waals surface area contributed by atoms with Gasteiger partial charge in [0.05, 0.1) is 25.9 Å². The van der Waals surface area contributed by atoms with Crippen molar-refractivity contribution in [1.82, 2.24) is 0 Å². The Hall–Kier alpha value is -0.740. The van der Waals surface area contributed by atoms with Crippen molar-refractivity contribution in [1.29, 1.82) is 0 Å². The van der Waals surface area contributed by atoms with Crippen molar-refractivity contribution in [2.75, 3.05) is 19.7 Å². The summed E-state index contributed by atoms with van der Waals surface area (Å²) in [7, 11) is 0. The zero-order valence-electron chi connectivity index (χ0n) is 28.3. The van der Waals surface area contributed by atoms with Gasteiger partial charge in [0.2, 0.25) is 0 Å². The lowest BCUT2D eigenvalue weighted by Crippen LogP contribution is -2.57. The molecular weight excluding hydrogens is 506 g/mol. The summed E-state index contributed by atoms with van der Waals surface area (Å²) in [6.45, 7) is 7.54. The Labute approximate surface area is 257 Å². The Morgan fingerprint density at radius 1 is 0.415 bits per heavy atom. The zero-order valence-corrected chi connectivity index (χ0v) is 28.3. The molecule has 0 fully saturated rings. The van der Waals surface area contributed by atoms with E-state index in [0.717, 1.165) is 25.7 Å². The summed E-state index contributed by atoms with van der Waals surface area (Å²) in [5.41, 5.74) is 0. The number of carbonyl (C=O) groups excluding carboxylic acids is 2. The molecule has 0 spiro atoms. The van der Waals surface area contributed by atoms with Crippen molar-refractivity contribution < 1.29 is 19.2 Å². The molecule has 4 heteroatoms. The van der Waals surface area contributed by atoms with Crippen LogP contribution in [0.3, 0.4) is 0 Å². The van der Waals surface area contributed by atoms with Crippen molar-refractivity contribution >= 4 is 11.8 Å². The van der Waals surface area contributed by atoms with Crippen molar-refractivity contribution in [3.63, 3.8) is 0 Å². The third kappa shape index (κ3) is 22.5. The smallest absolute Gasteiger partial charge is 0.321 e. The summed E-state index contributed by atoms with van der Waals surface area (Å²) in [5.74, 6) is 0.174.